The van der Waals surface area contributed by atoms with E-state index >= 15 is 0 Å². The van der Waals surface area contributed by atoms with Crippen LogP contribution in [0.2, 0.25) is 0 Å². The largest absolute Gasteiger partial charge is 0.444 e. The van der Waals surface area contributed by atoms with Crippen LogP contribution in [0, 0.1) is 11.6 Å². The number of carbonyl (C=O) groups excluding carboxylic acids is 2. The van der Waals surface area contributed by atoms with E-state index in [4.69, 9.17) is 4.74 Å². The van der Waals surface area contributed by atoms with E-state index in [0.29, 0.717) is 37.6 Å². The summed E-state index contributed by atoms with van der Waals surface area (Å²) in [6.07, 6.45) is -0.629. The summed E-state index contributed by atoms with van der Waals surface area (Å²) >= 11 is 0. The zero-order chi connectivity index (χ0) is 29.0. The van der Waals surface area contributed by atoms with E-state index in [0.717, 1.165) is 5.56 Å². The molecule has 2 aromatic rings. The van der Waals surface area contributed by atoms with Crippen molar-refractivity contribution in [1.82, 2.24) is 25.3 Å². The normalized spacial score (nSPS) is 17.3. The standard InChI is InChI=1S/C30H37F2N5O3/c1-20-27(35-16-14-33-15-17-35)28(38)37(21(2)36(20)18-23-24(31)12-9-13-25(23)32)19-26(22-10-7-6-8-11-22)34-29(39)40-30(3,4)5/h6-13,26,33H,2,14-19H2,1,3-5H3,(H,34,39)/t26-/m0/s1. The van der Waals surface area contributed by atoms with Crippen LogP contribution in [-0.2, 0) is 16.1 Å². The van der Waals surface area contributed by atoms with Crippen LogP contribution in [0.25, 0.3) is 0 Å². The monoisotopic (exact) mass is 553 g/mol. The fourth-order valence-electron chi connectivity index (χ4n) is 4.91. The van der Waals surface area contributed by atoms with Crippen molar-refractivity contribution in [3.8, 4) is 0 Å². The van der Waals surface area contributed by atoms with Gasteiger partial charge in [-0.3, -0.25) is 9.69 Å². The van der Waals surface area contributed by atoms with E-state index in [1.807, 2.05) is 35.2 Å². The quantitative estimate of drug-likeness (QED) is 0.527. The number of carbonyl (C=O) groups is 2. The molecule has 0 radical (unpaired) electrons. The number of amides is 2. The second-order valence-electron chi connectivity index (χ2n) is 10.9. The molecule has 2 heterocycles. The fraction of sp³-hybridized carbons (Fsp3) is 0.400. The van der Waals surface area contributed by atoms with Gasteiger partial charge in [0.05, 0.1) is 19.1 Å². The van der Waals surface area contributed by atoms with Crippen molar-refractivity contribution in [2.24, 2.45) is 0 Å². The van der Waals surface area contributed by atoms with E-state index in [1.165, 1.54) is 23.1 Å². The summed E-state index contributed by atoms with van der Waals surface area (Å²) in [6, 6.07) is 12.3. The molecule has 8 nitrogen and oxygen atoms in total. The Hall–Kier alpha value is -3.92. The molecule has 2 aromatic carbocycles. The predicted molar refractivity (Wildman–Crippen MR) is 148 cm³/mol. The molecule has 0 aliphatic carbocycles. The Morgan fingerprint density at radius 1 is 1.05 bits per heavy atom. The lowest BCUT2D eigenvalue weighted by Gasteiger charge is -2.45. The van der Waals surface area contributed by atoms with E-state index in [-0.39, 0.29) is 30.4 Å². The van der Waals surface area contributed by atoms with Gasteiger partial charge in [0.25, 0.3) is 5.91 Å². The average Bonchev–Trinajstić information content (AvgIpc) is 2.90. The lowest BCUT2D eigenvalue weighted by atomic mass is 10.0. The highest BCUT2D eigenvalue weighted by Gasteiger charge is 2.38. The van der Waals surface area contributed by atoms with Gasteiger partial charge in [-0.25, -0.2) is 13.6 Å². The summed E-state index contributed by atoms with van der Waals surface area (Å²) < 4.78 is 34.9. The summed E-state index contributed by atoms with van der Waals surface area (Å²) in [5.74, 6) is -1.39. The van der Waals surface area contributed by atoms with Crippen LogP contribution >= 0.6 is 0 Å². The zero-order valence-corrected chi connectivity index (χ0v) is 23.5. The zero-order valence-electron chi connectivity index (χ0n) is 23.5. The molecule has 214 valence electrons. The first-order valence-corrected chi connectivity index (χ1v) is 13.4. The van der Waals surface area contributed by atoms with E-state index < -0.39 is 29.4 Å². The first kappa shape index (κ1) is 29.1. The molecule has 40 heavy (non-hydrogen) atoms. The molecule has 1 atom stereocenters. The fourth-order valence-corrected chi connectivity index (χ4v) is 4.91. The van der Waals surface area contributed by atoms with Crippen molar-refractivity contribution in [3.05, 3.63) is 95.1 Å². The molecule has 10 heteroatoms. The molecule has 2 aliphatic heterocycles. The molecule has 2 aliphatic rings. The van der Waals surface area contributed by atoms with Crippen LogP contribution in [0.1, 0.15) is 44.9 Å². The molecule has 2 amide bonds. The Kier molecular flexibility index (Phi) is 8.78. The molecule has 0 unspecified atom stereocenters. The average molecular weight is 554 g/mol. The van der Waals surface area contributed by atoms with Crippen LogP contribution < -0.4 is 10.6 Å². The molecule has 1 saturated heterocycles. The third-order valence-corrected chi connectivity index (χ3v) is 6.89. The second-order valence-corrected chi connectivity index (χ2v) is 10.9. The molecule has 4 rings (SSSR count). The summed E-state index contributed by atoms with van der Waals surface area (Å²) in [5.41, 5.74) is 0.923. The van der Waals surface area contributed by atoms with Crippen molar-refractivity contribution in [1.29, 1.82) is 0 Å². The smallest absolute Gasteiger partial charge is 0.408 e. The maximum absolute atomic E-state index is 14.7. The van der Waals surface area contributed by atoms with E-state index in [1.54, 1.807) is 32.6 Å². The summed E-state index contributed by atoms with van der Waals surface area (Å²) in [6.45, 7) is 13.7. The summed E-state index contributed by atoms with van der Waals surface area (Å²) in [7, 11) is 0. The summed E-state index contributed by atoms with van der Waals surface area (Å²) in [4.78, 5) is 32.0. The first-order chi connectivity index (χ1) is 19.0. The Balaban J connectivity index is 1.72. The van der Waals surface area contributed by atoms with Gasteiger partial charge in [-0.15, -0.1) is 0 Å². The van der Waals surface area contributed by atoms with Gasteiger partial charge in [0.15, 0.2) is 0 Å². The number of nitrogens with zero attached hydrogens (tertiary/aromatic N) is 3. The minimum atomic E-state index is -0.716. The number of hydrogen-bond acceptors (Lipinski definition) is 6. The number of alkyl carbamates (subject to hydrolysis) is 1. The van der Waals surface area contributed by atoms with Gasteiger partial charge in [0, 0.05) is 37.4 Å². The Morgan fingerprint density at radius 3 is 2.27 bits per heavy atom. The van der Waals surface area contributed by atoms with E-state index in [2.05, 4.69) is 17.2 Å². The topological polar surface area (TPSA) is 77.2 Å². The van der Waals surface area contributed by atoms with Gasteiger partial charge in [-0.2, -0.15) is 0 Å². The molecule has 2 N–H and O–H groups in total. The summed E-state index contributed by atoms with van der Waals surface area (Å²) in [5, 5.41) is 6.17. The Morgan fingerprint density at radius 2 is 1.68 bits per heavy atom. The van der Waals surface area contributed by atoms with Crippen molar-refractivity contribution in [3.63, 3.8) is 0 Å². The van der Waals surface area contributed by atoms with Crippen molar-refractivity contribution in [2.75, 3.05) is 32.7 Å². The number of hydrogen-bond donors (Lipinski definition) is 2. The van der Waals surface area contributed by atoms with Crippen molar-refractivity contribution >= 4 is 12.0 Å². The van der Waals surface area contributed by atoms with Gasteiger partial charge in [-0.05, 0) is 45.4 Å². The predicted octanol–water partition coefficient (Wildman–Crippen LogP) is 4.48. The van der Waals surface area contributed by atoms with Gasteiger partial charge < -0.3 is 25.2 Å². The van der Waals surface area contributed by atoms with Crippen LogP contribution in [0.15, 0.2) is 72.3 Å². The molecular weight excluding hydrogens is 516 g/mol. The van der Waals surface area contributed by atoms with Gasteiger partial charge >= 0.3 is 6.09 Å². The Bertz CT molecular complexity index is 1270. The maximum Gasteiger partial charge on any atom is 0.408 e. The molecule has 0 bridgehead atoms. The third-order valence-electron chi connectivity index (χ3n) is 6.89. The van der Waals surface area contributed by atoms with Crippen molar-refractivity contribution in [2.45, 2.75) is 45.9 Å². The number of piperazine rings is 1. The number of nitrogens with one attached hydrogen (secondary N) is 2. The highest BCUT2D eigenvalue weighted by atomic mass is 19.1. The molecular formula is C30H37F2N5O3. The molecule has 0 spiro atoms. The molecule has 0 saturated carbocycles. The lowest BCUT2D eigenvalue weighted by Crippen LogP contribution is -2.53. The number of benzene rings is 2. The minimum absolute atomic E-state index is 0.0278. The number of ether oxygens (including phenoxy) is 1. The van der Waals surface area contributed by atoms with Crippen molar-refractivity contribution < 1.29 is 23.1 Å². The minimum Gasteiger partial charge on any atom is -0.444 e. The van der Waals surface area contributed by atoms with Crippen LogP contribution in [0.3, 0.4) is 0 Å². The Labute approximate surface area is 234 Å². The highest BCUT2D eigenvalue weighted by Crippen LogP contribution is 2.33. The number of allylic oxidation sites excluding steroid dienone is 1. The highest BCUT2D eigenvalue weighted by molar-refractivity contribution is 5.96. The SMILES string of the molecule is C=C1N(C[C@H](NC(=O)OC(C)(C)C)c2ccccc2)C(=O)C(N2CCNCC2)=C(C)N1Cc1c(F)cccc1F. The second kappa shape index (κ2) is 12.1. The third kappa shape index (κ3) is 6.62. The first-order valence-electron chi connectivity index (χ1n) is 13.4. The van der Waals surface area contributed by atoms with E-state index in [9.17, 15) is 18.4 Å². The number of rotatable bonds is 7. The van der Waals surface area contributed by atoms with Gasteiger partial charge in [0.2, 0.25) is 0 Å². The van der Waals surface area contributed by atoms with Crippen LogP contribution in [0.4, 0.5) is 13.6 Å². The number of halogens is 2. The van der Waals surface area contributed by atoms with Crippen LogP contribution in [-0.4, -0.2) is 65.0 Å². The van der Waals surface area contributed by atoms with Gasteiger partial charge in [-0.1, -0.05) is 43.0 Å². The molecule has 0 aromatic heterocycles. The molecule has 1 fully saturated rings. The van der Waals surface area contributed by atoms with Crippen LogP contribution in [0.5, 0.6) is 0 Å². The lowest BCUT2D eigenvalue weighted by molar-refractivity contribution is -0.130. The maximum atomic E-state index is 14.7. The van der Waals surface area contributed by atoms with Gasteiger partial charge in [0.1, 0.15) is 28.8 Å².